The van der Waals surface area contributed by atoms with Crippen molar-refractivity contribution in [2.24, 2.45) is 0 Å². The standard InChI is InChI=1S/C4H8NO2/c1-5-3-4(6)7-2/h3,5H,1-2H3. The van der Waals surface area contributed by atoms with E-state index in [0.29, 0.717) is 0 Å². The smallest absolute Gasteiger partial charge is 0.325 e. The molecule has 0 bridgehead atoms. The Morgan fingerprint density at radius 2 is 2.43 bits per heavy atom. The van der Waals surface area contributed by atoms with Crippen LogP contribution < -0.4 is 5.32 Å². The van der Waals surface area contributed by atoms with E-state index < -0.39 is 0 Å². The third-order valence-corrected chi connectivity index (χ3v) is 0.463. The molecule has 0 saturated carbocycles. The Hall–Kier alpha value is -0.570. The normalized spacial score (nSPS) is 8.29. The maximum Gasteiger partial charge on any atom is 0.325 e. The second kappa shape index (κ2) is 3.61. The highest BCUT2D eigenvalue weighted by Crippen LogP contribution is 1.71. The van der Waals surface area contributed by atoms with Crippen molar-refractivity contribution in [2.75, 3.05) is 14.2 Å². The lowest BCUT2D eigenvalue weighted by Gasteiger charge is -1.92. The fourth-order valence-corrected chi connectivity index (χ4v) is 0.177. The number of methoxy groups -OCH3 is 1. The van der Waals surface area contributed by atoms with E-state index in [-0.39, 0.29) is 5.97 Å². The monoisotopic (exact) mass is 102 g/mol. The predicted molar refractivity (Wildman–Crippen MR) is 25.4 cm³/mol. The first-order valence-corrected chi connectivity index (χ1v) is 1.89. The summed E-state index contributed by atoms with van der Waals surface area (Å²) in [6, 6.07) is 0. The van der Waals surface area contributed by atoms with Gasteiger partial charge < -0.3 is 10.1 Å². The van der Waals surface area contributed by atoms with Crippen LogP contribution >= 0.6 is 0 Å². The molecule has 0 saturated heterocycles. The zero-order valence-corrected chi connectivity index (χ0v) is 4.39. The molecule has 3 nitrogen and oxygen atoms in total. The van der Waals surface area contributed by atoms with Crippen LogP contribution in [-0.4, -0.2) is 20.1 Å². The zero-order chi connectivity index (χ0) is 5.70. The van der Waals surface area contributed by atoms with Gasteiger partial charge in [0.15, 0.2) is 0 Å². The quantitative estimate of drug-likeness (QED) is 0.479. The maximum atomic E-state index is 10.1. The van der Waals surface area contributed by atoms with Gasteiger partial charge in [-0.3, -0.25) is 4.79 Å². The summed E-state index contributed by atoms with van der Waals surface area (Å²) in [5, 5.41) is 2.52. The first-order valence-electron chi connectivity index (χ1n) is 1.89. The molecule has 0 atom stereocenters. The lowest BCUT2D eigenvalue weighted by molar-refractivity contribution is -0.136. The summed E-state index contributed by atoms with van der Waals surface area (Å²) in [6.45, 7) is 1.24. The molecule has 0 aliphatic carbocycles. The highest BCUT2D eigenvalue weighted by atomic mass is 16.5. The number of hydrogen-bond acceptors (Lipinski definition) is 3. The molecule has 0 unspecified atom stereocenters. The lowest BCUT2D eigenvalue weighted by Crippen LogP contribution is -2.12. The number of ether oxygens (including phenoxy) is 1. The molecule has 0 spiro atoms. The Kier molecular flexibility index (Phi) is 3.32. The van der Waals surface area contributed by atoms with E-state index in [9.17, 15) is 4.79 Å². The Bertz CT molecular complexity index is 62.7. The van der Waals surface area contributed by atoms with Crippen LogP contribution in [0.4, 0.5) is 0 Å². The van der Waals surface area contributed by atoms with E-state index in [1.165, 1.54) is 13.7 Å². The highest BCUT2D eigenvalue weighted by molar-refractivity contribution is 5.77. The van der Waals surface area contributed by atoms with Crippen molar-refractivity contribution in [3.05, 3.63) is 6.54 Å². The number of likely N-dealkylation sites (N-methyl/N-ethyl adjacent to an activating group) is 1. The second-order valence-electron chi connectivity index (χ2n) is 0.956. The van der Waals surface area contributed by atoms with Gasteiger partial charge in [-0.25, -0.2) is 0 Å². The van der Waals surface area contributed by atoms with Crippen molar-refractivity contribution >= 4 is 5.97 Å². The van der Waals surface area contributed by atoms with Gasteiger partial charge in [0, 0.05) is 0 Å². The molecular weight excluding hydrogens is 94.0 g/mol. The number of hydrogen-bond donors (Lipinski definition) is 1. The highest BCUT2D eigenvalue weighted by Gasteiger charge is 1.93. The Balaban J connectivity index is 3.00. The molecule has 0 aromatic rings. The summed E-state index contributed by atoms with van der Waals surface area (Å²) < 4.78 is 4.23. The van der Waals surface area contributed by atoms with Crippen LogP contribution in [0.1, 0.15) is 0 Å². The number of esters is 1. The van der Waals surface area contributed by atoms with Gasteiger partial charge in [0.1, 0.15) is 6.54 Å². The van der Waals surface area contributed by atoms with Crippen LogP contribution in [-0.2, 0) is 9.53 Å². The molecule has 3 heteroatoms. The van der Waals surface area contributed by atoms with Crippen molar-refractivity contribution in [1.82, 2.24) is 5.32 Å². The van der Waals surface area contributed by atoms with Crippen LogP contribution in [0.25, 0.3) is 0 Å². The molecule has 0 fully saturated rings. The van der Waals surface area contributed by atoms with Gasteiger partial charge in [-0.1, -0.05) is 0 Å². The first-order chi connectivity index (χ1) is 3.31. The molecule has 0 aliphatic rings. The summed E-state index contributed by atoms with van der Waals surface area (Å²) in [6.07, 6.45) is 0. The number of carbonyl (C=O) groups excluding carboxylic acids is 1. The van der Waals surface area contributed by atoms with Crippen LogP contribution in [0.2, 0.25) is 0 Å². The van der Waals surface area contributed by atoms with E-state index in [4.69, 9.17) is 0 Å². The Morgan fingerprint density at radius 3 is 2.57 bits per heavy atom. The van der Waals surface area contributed by atoms with Gasteiger partial charge in [-0.05, 0) is 7.05 Å². The first kappa shape index (κ1) is 6.43. The molecule has 1 radical (unpaired) electrons. The summed E-state index contributed by atoms with van der Waals surface area (Å²) in [5.74, 6) is -0.359. The molecule has 0 amide bonds. The van der Waals surface area contributed by atoms with Gasteiger partial charge in [-0.2, -0.15) is 0 Å². The molecule has 0 rings (SSSR count). The topological polar surface area (TPSA) is 38.3 Å². The van der Waals surface area contributed by atoms with Crippen molar-refractivity contribution in [3.8, 4) is 0 Å². The molecule has 7 heavy (non-hydrogen) atoms. The maximum absolute atomic E-state index is 10.1. The van der Waals surface area contributed by atoms with E-state index in [2.05, 4.69) is 10.1 Å². The van der Waals surface area contributed by atoms with Crippen molar-refractivity contribution in [1.29, 1.82) is 0 Å². The molecule has 1 N–H and O–H groups in total. The van der Waals surface area contributed by atoms with Gasteiger partial charge in [-0.15, -0.1) is 0 Å². The van der Waals surface area contributed by atoms with Gasteiger partial charge in [0.25, 0.3) is 0 Å². The average molecular weight is 102 g/mol. The molecule has 41 valence electrons. The van der Waals surface area contributed by atoms with E-state index in [0.717, 1.165) is 0 Å². The molecule has 0 aromatic heterocycles. The van der Waals surface area contributed by atoms with Crippen LogP contribution in [0.15, 0.2) is 0 Å². The third-order valence-electron chi connectivity index (χ3n) is 0.463. The average Bonchev–Trinajstić information content (AvgIpc) is 1.68. The van der Waals surface area contributed by atoms with Crippen LogP contribution in [0.5, 0.6) is 0 Å². The Morgan fingerprint density at radius 1 is 1.86 bits per heavy atom. The third kappa shape index (κ3) is 3.26. The number of nitrogens with one attached hydrogen (secondary N) is 1. The molecule has 0 heterocycles. The molecule has 0 aliphatic heterocycles. The summed E-state index contributed by atoms with van der Waals surface area (Å²) >= 11 is 0. The van der Waals surface area contributed by atoms with Crippen molar-refractivity contribution < 1.29 is 9.53 Å². The summed E-state index contributed by atoms with van der Waals surface area (Å²) in [5.41, 5.74) is 0. The second-order valence-corrected chi connectivity index (χ2v) is 0.956. The largest absolute Gasteiger partial charge is 0.468 e. The molecule has 0 aromatic carbocycles. The SMILES string of the molecule is CN[CH]C(=O)OC. The van der Waals surface area contributed by atoms with Crippen molar-refractivity contribution in [2.45, 2.75) is 0 Å². The van der Waals surface area contributed by atoms with E-state index in [1.54, 1.807) is 7.05 Å². The molecular formula is C4H8NO2. The Labute approximate surface area is 42.7 Å². The number of rotatable bonds is 2. The van der Waals surface area contributed by atoms with Crippen LogP contribution in [0, 0.1) is 6.54 Å². The minimum atomic E-state index is -0.359. The summed E-state index contributed by atoms with van der Waals surface area (Å²) in [4.78, 5) is 10.1. The van der Waals surface area contributed by atoms with E-state index in [1.807, 2.05) is 0 Å². The fraction of sp³-hybridized carbons (Fsp3) is 0.500. The van der Waals surface area contributed by atoms with E-state index >= 15 is 0 Å². The van der Waals surface area contributed by atoms with Gasteiger partial charge in [0.05, 0.1) is 7.11 Å². The zero-order valence-electron chi connectivity index (χ0n) is 4.39. The fourth-order valence-electron chi connectivity index (χ4n) is 0.177. The van der Waals surface area contributed by atoms with Gasteiger partial charge in [0.2, 0.25) is 0 Å². The lowest BCUT2D eigenvalue weighted by atomic mass is 10.7. The predicted octanol–water partition coefficient (Wildman–Crippen LogP) is -0.459. The summed E-state index contributed by atoms with van der Waals surface area (Å²) in [7, 11) is 2.97. The minimum absolute atomic E-state index is 0.359. The van der Waals surface area contributed by atoms with Crippen molar-refractivity contribution in [3.63, 3.8) is 0 Å². The van der Waals surface area contributed by atoms with Gasteiger partial charge >= 0.3 is 5.97 Å². The minimum Gasteiger partial charge on any atom is -0.468 e. The van der Waals surface area contributed by atoms with Crippen LogP contribution in [0.3, 0.4) is 0 Å². The number of carbonyl (C=O) groups is 1.